The Morgan fingerprint density at radius 3 is 1.52 bits per heavy atom. The molecule has 0 amide bonds. The largest absolute Gasteiger partial charge is 0.0939 e. The van der Waals surface area contributed by atoms with Crippen molar-refractivity contribution >= 4 is 17.3 Å². The highest BCUT2D eigenvalue weighted by Gasteiger charge is 2.11. The fourth-order valence-corrected chi connectivity index (χ4v) is 3.69. The van der Waals surface area contributed by atoms with Gasteiger partial charge in [0.05, 0.1) is 0 Å². The predicted octanol–water partition coefficient (Wildman–Crippen LogP) is 6.65. The summed E-state index contributed by atoms with van der Waals surface area (Å²) in [7, 11) is 0. The van der Waals surface area contributed by atoms with Crippen molar-refractivity contribution in [2.24, 2.45) is 0 Å². The molecule has 1 heteroatoms. The van der Waals surface area contributed by atoms with Crippen molar-refractivity contribution in [1.82, 2.24) is 0 Å². The Kier molecular flexibility index (Phi) is 5.33. The van der Waals surface area contributed by atoms with Gasteiger partial charge in [0.1, 0.15) is 0 Å². The molecule has 0 N–H and O–H groups in total. The molecule has 0 aliphatic carbocycles. The third-order valence-corrected chi connectivity index (χ3v) is 4.96. The van der Waals surface area contributed by atoms with Gasteiger partial charge in [0.25, 0.3) is 0 Å². The van der Waals surface area contributed by atoms with Crippen LogP contribution in [0.4, 0.5) is 0 Å². The summed E-state index contributed by atoms with van der Waals surface area (Å²) in [5, 5.41) is 0. The fourth-order valence-electron chi connectivity index (χ4n) is 2.63. The lowest BCUT2D eigenvalue weighted by Gasteiger charge is -2.15. The molecule has 0 nitrogen and oxygen atoms in total. The average Bonchev–Trinajstić information content (AvgIpc) is 2.64. The molecule has 0 bridgehead atoms. The molecule has 3 aromatic rings. The Bertz CT molecular complexity index is 717. The van der Waals surface area contributed by atoms with Crippen LogP contribution in [0.1, 0.15) is 24.5 Å². The van der Waals surface area contributed by atoms with Crippen molar-refractivity contribution in [2.45, 2.75) is 18.2 Å². The maximum absolute atomic E-state index is 2.23. The summed E-state index contributed by atoms with van der Waals surface area (Å²) in [4.78, 5) is 2.68. The van der Waals surface area contributed by atoms with Gasteiger partial charge in [-0.25, -0.2) is 0 Å². The lowest BCUT2D eigenvalue weighted by Crippen LogP contribution is -1.92. The Morgan fingerprint density at radius 2 is 1.09 bits per heavy atom. The van der Waals surface area contributed by atoms with Gasteiger partial charge >= 0.3 is 0 Å². The van der Waals surface area contributed by atoms with E-state index in [-0.39, 0.29) is 0 Å². The van der Waals surface area contributed by atoms with Gasteiger partial charge < -0.3 is 0 Å². The maximum Gasteiger partial charge on any atom is 0.0119 e. The molecule has 3 rings (SSSR count). The van der Waals surface area contributed by atoms with Crippen molar-refractivity contribution in [3.8, 4) is 0 Å². The fraction of sp³-hybridized carbons (Fsp3) is 0.0909. The van der Waals surface area contributed by atoms with Gasteiger partial charge in [-0.3, -0.25) is 0 Å². The first-order chi connectivity index (χ1) is 11.4. The Balaban J connectivity index is 2.12. The molecule has 0 heterocycles. The van der Waals surface area contributed by atoms with E-state index in [4.69, 9.17) is 0 Å². The van der Waals surface area contributed by atoms with Gasteiger partial charge in [0, 0.05) is 4.90 Å². The molecule has 0 unspecified atom stereocenters. The highest BCUT2D eigenvalue weighted by molar-refractivity contribution is 8.03. The Hall–Kier alpha value is -2.25. The van der Waals surface area contributed by atoms with Crippen LogP contribution in [-0.2, 0) is 0 Å². The van der Waals surface area contributed by atoms with Crippen LogP contribution in [0, 0.1) is 0 Å². The van der Waals surface area contributed by atoms with Crippen LogP contribution in [0.5, 0.6) is 0 Å². The Labute approximate surface area is 142 Å². The first kappa shape index (κ1) is 15.6. The van der Waals surface area contributed by atoms with Gasteiger partial charge in [-0.2, -0.15) is 0 Å². The second kappa shape index (κ2) is 7.85. The van der Waals surface area contributed by atoms with Crippen LogP contribution >= 0.6 is 11.8 Å². The molecular weight excluding hydrogens is 296 g/mol. The minimum absolute atomic E-state index is 1.01. The molecule has 0 aliphatic rings. The lowest BCUT2D eigenvalue weighted by molar-refractivity contribution is 1.20. The number of rotatable bonds is 5. The normalized spacial score (nSPS) is 10.3. The zero-order valence-corrected chi connectivity index (χ0v) is 14.1. The highest BCUT2D eigenvalue weighted by Crippen LogP contribution is 2.38. The molecule has 0 spiro atoms. The number of hydrogen-bond acceptors (Lipinski definition) is 1. The number of hydrogen-bond donors (Lipinski definition) is 0. The number of benzene rings is 3. The summed E-state index contributed by atoms with van der Waals surface area (Å²) in [6.07, 6.45) is 1.01. The quantitative estimate of drug-likeness (QED) is 0.475. The van der Waals surface area contributed by atoms with Crippen LogP contribution < -0.4 is 0 Å². The van der Waals surface area contributed by atoms with Gasteiger partial charge in [-0.1, -0.05) is 97.5 Å². The first-order valence-corrected chi connectivity index (χ1v) is 8.77. The summed E-state index contributed by atoms with van der Waals surface area (Å²) < 4.78 is 0. The molecule has 0 radical (unpaired) electrons. The molecule has 23 heavy (non-hydrogen) atoms. The lowest BCUT2D eigenvalue weighted by atomic mass is 9.97. The Morgan fingerprint density at radius 1 is 0.652 bits per heavy atom. The van der Waals surface area contributed by atoms with E-state index in [0.717, 1.165) is 6.42 Å². The van der Waals surface area contributed by atoms with Crippen molar-refractivity contribution in [2.75, 3.05) is 0 Å². The van der Waals surface area contributed by atoms with Crippen LogP contribution in [0.2, 0.25) is 0 Å². The zero-order chi connectivity index (χ0) is 15.9. The SMILES string of the molecule is CCC(Sc1ccccc1)=C(c1ccccc1)c1ccccc1. The first-order valence-electron chi connectivity index (χ1n) is 7.95. The zero-order valence-electron chi connectivity index (χ0n) is 13.3. The van der Waals surface area contributed by atoms with Crippen LogP contribution in [0.3, 0.4) is 0 Å². The van der Waals surface area contributed by atoms with Crippen molar-refractivity contribution in [3.63, 3.8) is 0 Å². The topological polar surface area (TPSA) is 0 Å². The molecule has 0 atom stereocenters. The molecule has 0 saturated carbocycles. The van der Waals surface area contributed by atoms with E-state index in [0.29, 0.717) is 0 Å². The van der Waals surface area contributed by atoms with Crippen LogP contribution in [0.25, 0.3) is 5.57 Å². The highest BCUT2D eigenvalue weighted by atomic mass is 32.2. The number of allylic oxidation sites excluding steroid dienone is 1. The van der Waals surface area contributed by atoms with Gasteiger partial charge in [-0.15, -0.1) is 0 Å². The predicted molar refractivity (Wildman–Crippen MR) is 101 cm³/mol. The third-order valence-electron chi connectivity index (χ3n) is 3.71. The molecule has 0 fully saturated rings. The summed E-state index contributed by atoms with van der Waals surface area (Å²) >= 11 is 1.87. The molecule has 0 saturated heterocycles. The third kappa shape index (κ3) is 3.94. The van der Waals surface area contributed by atoms with Crippen molar-refractivity contribution in [1.29, 1.82) is 0 Å². The second-order valence-corrected chi connectivity index (χ2v) is 6.47. The summed E-state index contributed by atoms with van der Waals surface area (Å²) in [5.41, 5.74) is 3.89. The van der Waals surface area contributed by atoms with Gasteiger partial charge in [0.15, 0.2) is 0 Å². The molecule has 0 aromatic heterocycles. The van der Waals surface area contributed by atoms with Crippen LogP contribution in [-0.4, -0.2) is 0 Å². The maximum atomic E-state index is 2.23. The summed E-state index contributed by atoms with van der Waals surface area (Å²) in [5.74, 6) is 0. The summed E-state index contributed by atoms with van der Waals surface area (Å²) in [6, 6.07) is 32.0. The minimum Gasteiger partial charge on any atom is -0.0939 e. The van der Waals surface area contributed by atoms with E-state index in [2.05, 4.69) is 97.9 Å². The standard InChI is InChI=1S/C22H20S/c1-2-21(23-20-16-10-5-11-17-20)22(18-12-6-3-7-13-18)19-14-8-4-9-15-19/h3-17H,2H2,1H3. The van der Waals surface area contributed by atoms with Crippen molar-refractivity contribution in [3.05, 3.63) is 107 Å². The van der Waals surface area contributed by atoms with Gasteiger partial charge in [0.2, 0.25) is 0 Å². The molecule has 3 aromatic carbocycles. The van der Waals surface area contributed by atoms with Crippen molar-refractivity contribution < 1.29 is 0 Å². The smallest absolute Gasteiger partial charge is 0.0119 e. The van der Waals surface area contributed by atoms with E-state index in [1.165, 1.54) is 26.5 Å². The number of thioether (sulfide) groups is 1. The molecule has 114 valence electrons. The minimum atomic E-state index is 1.01. The second-order valence-electron chi connectivity index (χ2n) is 5.30. The van der Waals surface area contributed by atoms with E-state index in [9.17, 15) is 0 Å². The van der Waals surface area contributed by atoms with E-state index in [1.807, 2.05) is 11.8 Å². The van der Waals surface area contributed by atoms with Crippen LogP contribution in [0.15, 0.2) is 101 Å². The molecular formula is C22H20S. The summed E-state index contributed by atoms with van der Waals surface area (Å²) in [6.45, 7) is 2.23. The van der Waals surface area contributed by atoms with E-state index >= 15 is 0 Å². The monoisotopic (exact) mass is 316 g/mol. The van der Waals surface area contributed by atoms with E-state index in [1.54, 1.807) is 0 Å². The van der Waals surface area contributed by atoms with Gasteiger partial charge in [-0.05, 0) is 40.2 Å². The van der Waals surface area contributed by atoms with E-state index < -0.39 is 0 Å². The molecule has 0 aliphatic heterocycles. The average molecular weight is 316 g/mol.